The van der Waals surface area contributed by atoms with Crippen LogP contribution in [-0.2, 0) is 0 Å². The average Bonchev–Trinajstić information content (AvgIpc) is 3.18. The molecule has 0 aliphatic carbocycles. The Labute approximate surface area is 190 Å². The number of aromatic amines is 1. The smallest absolute Gasteiger partial charge is 0.254 e. The van der Waals surface area contributed by atoms with Crippen LogP contribution < -0.4 is 16.2 Å². The molecule has 166 valence electrons. The van der Waals surface area contributed by atoms with Gasteiger partial charge in [0.25, 0.3) is 5.91 Å². The van der Waals surface area contributed by atoms with Crippen LogP contribution in [0, 0.1) is 11.5 Å². The van der Waals surface area contributed by atoms with E-state index in [0.717, 1.165) is 6.54 Å². The number of halogens is 1. The quantitative estimate of drug-likeness (QED) is 0.506. The molecule has 10 heteroatoms. The lowest BCUT2D eigenvalue weighted by molar-refractivity contribution is 0.100. The summed E-state index contributed by atoms with van der Waals surface area (Å²) in [6.07, 6.45) is 7.36. The van der Waals surface area contributed by atoms with Crippen molar-refractivity contribution in [2.45, 2.75) is 32.2 Å². The van der Waals surface area contributed by atoms with Gasteiger partial charge >= 0.3 is 0 Å². The van der Waals surface area contributed by atoms with Crippen molar-refractivity contribution in [1.29, 1.82) is 5.26 Å². The molecule has 3 heterocycles. The number of primary amides is 1. The van der Waals surface area contributed by atoms with E-state index in [2.05, 4.69) is 28.3 Å². The second-order valence-corrected chi connectivity index (χ2v) is 7.74. The summed E-state index contributed by atoms with van der Waals surface area (Å²) in [4.78, 5) is 17.4. The van der Waals surface area contributed by atoms with Gasteiger partial charge < -0.3 is 21.1 Å². The van der Waals surface area contributed by atoms with Gasteiger partial charge in [-0.3, -0.25) is 9.89 Å². The van der Waals surface area contributed by atoms with Gasteiger partial charge in [-0.25, -0.2) is 4.98 Å². The van der Waals surface area contributed by atoms with Crippen molar-refractivity contribution in [3.63, 3.8) is 0 Å². The molecule has 0 spiro atoms. The topological polar surface area (TPSA) is 147 Å². The normalized spacial score (nSPS) is 15.3. The van der Waals surface area contributed by atoms with Crippen LogP contribution in [-0.4, -0.2) is 38.6 Å². The van der Waals surface area contributed by atoms with Crippen LogP contribution in [0.25, 0.3) is 11.3 Å². The first-order valence-electron chi connectivity index (χ1n) is 10.1. The minimum Gasteiger partial charge on any atom is -0.439 e. The zero-order valence-electron chi connectivity index (χ0n) is 17.6. The fraction of sp³-hybridized carbons (Fsp3) is 0.273. The van der Waals surface area contributed by atoms with Crippen LogP contribution in [0.4, 0.5) is 5.82 Å². The van der Waals surface area contributed by atoms with Gasteiger partial charge in [0.2, 0.25) is 5.88 Å². The summed E-state index contributed by atoms with van der Waals surface area (Å²) in [6.45, 7) is 3.08. The molecule has 1 amide bonds. The summed E-state index contributed by atoms with van der Waals surface area (Å²) in [5, 5.41) is 15.6. The molecular formula is C22H24ClN7O2. The van der Waals surface area contributed by atoms with E-state index in [-0.39, 0.29) is 11.4 Å². The lowest BCUT2D eigenvalue weighted by Gasteiger charge is -2.27. The Bertz CT molecular complexity index is 1090. The lowest BCUT2D eigenvalue weighted by Crippen LogP contribution is -2.33. The minimum atomic E-state index is -0.642. The monoisotopic (exact) mass is 453 g/mol. The zero-order chi connectivity index (χ0) is 23.1. The number of carbonyl (C=O) groups excluding carboxylic acids is 1. The number of anilines is 1. The van der Waals surface area contributed by atoms with Crippen molar-refractivity contribution in [2.24, 2.45) is 5.73 Å². The van der Waals surface area contributed by atoms with Crippen LogP contribution in [0.2, 0.25) is 5.02 Å². The molecule has 1 fully saturated rings. The second kappa shape index (κ2) is 10.5. The molecule has 1 unspecified atom stereocenters. The fourth-order valence-corrected chi connectivity index (χ4v) is 3.41. The molecule has 9 nitrogen and oxygen atoms in total. The Morgan fingerprint density at radius 3 is 2.59 bits per heavy atom. The molecule has 5 N–H and O–H groups in total. The van der Waals surface area contributed by atoms with Gasteiger partial charge in [0.1, 0.15) is 11.3 Å². The van der Waals surface area contributed by atoms with Gasteiger partial charge in [0.15, 0.2) is 12.0 Å². The number of carbonyl (C=O) groups is 1. The molecule has 3 aromatic rings. The number of H-pyrrole nitrogens is 1. The largest absolute Gasteiger partial charge is 0.439 e. The molecule has 1 atom stereocenters. The molecule has 1 aliphatic rings. The van der Waals surface area contributed by atoms with Crippen LogP contribution >= 0.6 is 11.6 Å². The Morgan fingerprint density at radius 1 is 1.28 bits per heavy atom. The molecule has 32 heavy (non-hydrogen) atoms. The summed E-state index contributed by atoms with van der Waals surface area (Å²) in [5.41, 5.74) is 12.3. The first-order chi connectivity index (χ1) is 15.4. The number of hydrogen-bond acceptors (Lipinski definition) is 7. The number of piperidine rings is 1. The molecule has 1 saturated heterocycles. The summed E-state index contributed by atoms with van der Waals surface area (Å²) in [5.74, 6) is 0.428. The van der Waals surface area contributed by atoms with Gasteiger partial charge in [0, 0.05) is 30.4 Å². The molecule has 1 aromatic carbocycles. The molecule has 2 aromatic heterocycles. The van der Waals surface area contributed by atoms with E-state index in [1.807, 2.05) is 4.90 Å². The van der Waals surface area contributed by atoms with Crippen molar-refractivity contribution in [3.05, 3.63) is 53.2 Å². The Hall–Kier alpha value is -3.77. The summed E-state index contributed by atoms with van der Waals surface area (Å²) >= 11 is 5.77. The number of likely N-dealkylation sites (tertiary alicyclic amines) is 1. The van der Waals surface area contributed by atoms with E-state index in [4.69, 9.17) is 33.1 Å². The highest BCUT2D eigenvalue weighted by atomic mass is 35.5. The number of aromatic nitrogens is 3. The van der Waals surface area contributed by atoms with Crippen LogP contribution in [0.5, 0.6) is 11.6 Å². The minimum absolute atomic E-state index is 0.0678. The SMILES string of the molecule is CC1CCCCN1C#N.NC(=O)c1c(N)n[nH]c1-c1ccc(Oc2ccc(Cl)cn2)cc1. The van der Waals surface area contributed by atoms with Crippen molar-refractivity contribution < 1.29 is 9.53 Å². The highest BCUT2D eigenvalue weighted by Crippen LogP contribution is 2.28. The number of pyridine rings is 1. The molecule has 1 aliphatic heterocycles. The van der Waals surface area contributed by atoms with E-state index in [1.165, 1.54) is 25.5 Å². The van der Waals surface area contributed by atoms with E-state index >= 15 is 0 Å². The predicted octanol–water partition coefficient (Wildman–Crippen LogP) is 3.94. The summed E-state index contributed by atoms with van der Waals surface area (Å²) in [6, 6.07) is 10.8. The summed E-state index contributed by atoms with van der Waals surface area (Å²) in [7, 11) is 0. The predicted molar refractivity (Wildman–Crippen MR) is 122 cm³/mol. The van der Waals surface area contributed by atoms with Crippen molar-refractivity contribution >= 4 is 23.3 Å². The van der Waals surface area contributed by atoms with Crippen LogP contribution in [0.1, 0.15) is 36.5 Å². The third-order valence-corrected chi connectivity index (χ3v) is 5.26. The first kappa shape index (κ1) is 22.9. The molecular weight excluding hydrogens is 430 g/mol. The number of nitriles is 1. The number of nitrogens with one attached hydrogen (secondary N) is 1. The van der Waals surface area contributed by atoms with Gasteiger partial charge in [-0.2, -0.15) is 10.4 Å². The standard InChI is InChI=1S/C15H12ClN5O2.C7H12N2/c16-9-3-6-11(19-7-9)23-10-4-1-8(2-5-10)13-12(15(18)22)14(17)21-20-13;1-7-4-2-3-5-9(7)6-8/h1-7H,(H2,18,22)(H3,17,20,21);7H,2-5H2,1H3. The zero-order valence-corrected chi connectivity index (χ0v) is 18.3. The third kappa shape index (κ3) is 5.68. The highest BCUT2D eigenvalue weighted by Gasteiger charge is 2.17. The highest BCUT2D eigenvalue weighted by molar-refractivity contribution is 6.30. The number of amides is 1. The number of nitrogen functional groups attached to an aromatic ring is 1. The third-order valence-electron chi connectivity index (χ3n) is 5.04. The second-order valence-electron chi connectivity index (χ2n) is 7.30. The van der Waals surface area contributed by atoms with Gasteiger partial charge in [-0.1, -0.05) is 11.6 Å². The Kier molecular flexibility index (Phi) is 7.52. The van der Waals surface area contributed by atoms with Crippen LogP contribution in [0.3, 0.4) is 0 Å². The molecule has 0 radical (unpaired) electrons. The number of nitrogens with zero attached hydrogens (tertiary/aromatic N) is 4. The Balaban J connectivity index is 0.000000269. The maximum absolute atomic E-state index is 11.5. The number of hydrogen-bond donors (Lipinski definition) is 3. The molecule has 0 bridgehead atoms. The van der Waals surface area contributed by atoms with E-state index in [1.54, 1.807) is 36.4 Å². The maximum atomic E-state index is 11.5. The fourth-order valence-electron chi connectivity index (χ4n) is 3.29. The van der Waals surface area contributed by atoms with E-state index in [0.29, 0.717) is 34.0 Å². The summed E-state index contributed by atoms with van der Waals surface area (Å²) < 4.78 is 5.60. The van der Waals surface area contributed by atoms with Gasteiger partial charge in [-0.15, -0.1) is 0 Å². The number of ether oxygens (including phenoxy) is 1. The molecule has 4 rings (SSSR count). The lowest BCUT2D eigenvalue weighted by atomic mass is 10.1. The number of rotatable bonds is 4. The maximum Gasteiger partial charge on any atom is 0.254 e. The first-order valence-corrected chi connectivity index (χ1v) is 10.5. The van der Waals surface area contributed by atoms with Crippen molar-refractivity contribution in [1.82, 2.24) is 20.1 Å². The van der Waals surface area contributed by atoms with Gasteiger partial charge in [-0.05, 0) is 56.5 Å². The number of nitrogens with two attached hydrogens (primary N) is 2. The average molecular weight is 454 g/mol. The Morgan fingerprint density at radius 2 is 2.03 bits per heavy atom. The van der Waals surface area contributed by atoms with E-state index in [9.17, 15) is 4.79 Å². The van der Waals surface area contributed by atoms with Crippen molar-refractivity contribution in [3.8, 4) is 29.1 Å². The van der Waals surface area contributed by atoms with E-state index < -0.39 is 5.91 Å². The van der Waals surface area contributed by atoms with Gasteiger partial charge in [0.05, 0.1) is 10.7 Å². The van der Waals surface area contributed by atoms with Crippen molar-refractivity contribution in [2.75, 3.05) is 12.3 Å². The number of benzene rings is 1. The molecule has 0 saturated carbocycles. The van der Waals surface area contributed by atoms with Crippen LogP contribution in [0.15, 0.2) is 42.6 Å².